The lowest BCUT2D eigenvalue weighted by molar-refractivity contribution is -0.115. The quantitative estimate of drug-likeness (QED) is 0.498. The van der Waals surface area contributed by atoms with Crippen molar-refractivity contribution in [1.29, 1.82) is 0 Å². The summed E-state index contributed by atoms with van der Waals surface area (Å²) in [4.78, 5) is 35.5. The highest BCUT2D eigenvalue weighted by Crippen LogP contribution is 2.27. The maximum absolute atomic E-state index is 12.6. The molecule has 0 saturated carbocycles. The number of hydrogen-bond donors (Lipinski definition) is 2. The Hall–Kier alpha value is -2.45. The fourth-order valence-corrected chi connectivity index (χ4v) is 4.00. The van der Waals surface area contributed by atoms with E-state index in [0.717, 1.165) is 11.3 Å². The number of thioether (sulfide) groups is 1. The van der Waals surface area contributed by atoms with Gasteiger partial charge in [-0.05, 0) is 13.3 Å². The predicted molar refractivity (Wildman–Crippen MR) is 106 cm³/mol. The van der Waals surface area contributed by atoms with E-state index in [-0.39, 0.29) is 16.7 Å². The van der Waals surface area contributed by atoms with E-state index < -0.39 is 0 Å². The lowest BCUT2D eigenvalue weighted by Crippen LogP contribution is -2.25. The van der Waals surface area contributed by atoms with Gasteiger partial charge in [0.1, 0.15) is 0 Å². The SMILES string of the molecule is CC[C@@H](Sc1nc(C)cc(=O)[nH]1)C(=O)Nc1nc(-c2ccccc2)cs1. The first kappa shape index (κ1) is 18.3. The van der Waals surface area contributed by atoms with Crippen LogP contribution in [-0.2, 0) is 4.79 Å². The second-order valence-corrected chi connectivity index (χ2v) is 7.65. The van der Waals surface area contributed by atoms with E-state index in [1.54, 1.807) is 6.92 Å². The second-order valence-electron chi connectivity index (χ2n) is 5.60. The van der Waals surface area contributed by atoms with Crippen LogP contribution in [0, 0.1) is 6.92 Å². The fourth-order valence-electron chi connectivity index (χ4n) is 2.32. The van der Waals surface area contributed by atoms with Crippen LogP contribution >= 0.6 is 23.1 Å². The number of nitrogens with one attached hydrogen (secondary N) is 2. The molecule has 0 spiro atoms. The van der Waals surface area contributed by atoms with Crippen LogP contribution in [0.1, 0.15) is 19.0 Å². The van der Waals surface area contributed by atoms with Crippen molar-refractivity contribution in [3.05, 3.63) is 57.8 Å². The number of aromatic amines is 1. The van der Waals surface area contributed by atoms with Crippen LogP contribution in [0.2, 0.25) is 0 Å². The van der Waals surface area contributed by atoms with Crippen molar-refractivity contribution >= 4 is 34.1 Å². The standard InChI is InChI=1S/C18H18N4O2S2/c1-3-14(26-18-19-11(2)9-15(23)21-18)16(24)22-17-20-13(10-25-17)12-7-5-4-6-8-12/h4-10,14H,3H2,1-2H3,(H,19,21,23)(H,20,22,24)/t14-/m1/s1. The van der Waals surface area contributed by atoms with Crippen LogP contribution < -0.4 is 10.9 Å². The molecule has 2 N–H and O–H groups in total. The molecule has 1 aromatic carbocycles. The number of thiazole rings is 1. The molecule has 26 heavy (non-hydrogen) atoms. The molecule has 0 aliphatic rings. The summed E-state index contributed by atoms with van der Waals surface area (Å²) in [6, 6.07) is 11.2. The monoisotopic (exact) mass is 386 g/mol. The minimum absolute atomic E-state index is 0.157. The van der Waals surface area contributed by atoms with Crippen LogP contribution in [0.5, 0.6) is 0 Å². The average molecular weight is 387 g/mol. The molecule has 0 saturated heterocycles. The molecular formula is C18H18N4O2S2. The first-order valence-electron chi connectivity index (χ1n) is 8.11. The molecule has 2 aromatic heterocycles. The topological polar surface area (TPSA) is 87.7 Å². The Bertz CT molecular complexity index is 953. The Kier molecular flexibility index (Phi) is 5.85. The third kappa shape index (κ3) is 4.59. The number of hydrogen-bond acceptors (Lipinski definition) is 6. The highest BCUT2D eigenvalue weighted by Gasteiger charge is 2.20. The molecule has 1 atom stereocenters. The average Bonchev–Trinajstić information content (AvgIpc) is 3.08. The second kappa shape index (κ2) is 8.29. The van der Waals surface area contributed by atoms with Crippen molar-refractivity contribution in [3.63, 3.8) is 0 Å². The van der Waals surface area contributed by atoms with Crippen molar-refractivity contribution in [2.75, 3.05) is 5.32 Å². The van der Waals surface area contributed by atoms with E-state index >= 15 is 0 Å². The number of aromatic nitrogens is 3. The van der Waals surface area contributed by atoms with Gasteiger partial charge >= 0.3 is 0 Å². The minimum atomic E-state index is -0.371. The Morgan fingerprint density at radius 2 is 2.08 bits per heavy atom. The van der Waals surface area contributed by atoms with Crippen molar-refractivity contribution in [2.45, 2.75) is 30.7 Å². The maximum atomic E-state index is 12.6. The summed E-state index contributed by atoms with van der Waals surface area (Å²) < 4.78 is 0. The van der Waals surface area contributed by atoms with Crippen LogP contribution in [0.3, 0.4) is 0 Å². The number of nitrogens with zero attached hydrogens (tertiary/aromatic N) is 2. The van der Waals surface area contributed by atoms with Gasteiger partial charge in [-0.15, -0.1) is 11.3 Å². The number of amides is 1. The summed E-state index contributed by atoms with van der Waals surface area (Å²) in [5.74, 6) is -0.157. The number of benzene rings is 1. The molecule has 2 heterocycles. The summed E-state index contributed by atoms with van der Waals surface area (Å²) in [5.41, 5.74) is 2.24. The largest absolute Gasteiger partial charge is 0.301 e. The Balaban J connectivity index is 1.69. The van der Waals surface area contributed by atoms with Gasteiger partial charge in [0.05, 0.1) is 10.9 Å². The maximum Gasteiger partial charge on any atom is 0.251 e. The predicted octanol–water partition coefficient (Wildman–Crippen LogP) is 3.71. The van der Waals surface area contributed by atoms with Gasteiger partial charge in [0.25, 0.3) is 5.56 Å². The summed E-state index contributed by atoms with van der Waals surface area (Å²) in [6.07, 6.45) is 0.602. The van der Waals surface area contributed by atoms with Crippen LogP contribution in [0.4, 0.5) is 5.13 Å². The third-order valence-electron chi connectivity index (χ3n) is 3.57. The number of H-pyrrole nitrogens is 1. The molecule has 3 rings (SSSR count). The van der Waals surface area contributed by atoms with E-state index in [1.165, 1.54) is 29.2 Å². The zero-order chi connectivity index (χ0) is 18.5. The summed E-state index contributed by atoms with van der Waals surface area (Å²) >= 11 is 2.63. The number of carbonyl (C=O) groups excluding carboxylic acids is 1. The molecule has 6 nitrogen and oxygen atoms in total. The smallest absolute Gasteiger partial charge is 0.251 e. The van der Waals surface area contributed by atoms with Crippen molar-refractivity contribution in [3.8, 4) is 11.3 Å². The highest BCUT2D eigenvalue weighted by molar-refractivity contribution is 8.00. The Morgan fingerprint density at radius 1 is 1.31 bits per heavy atom. The zero-order valence-electron chi connectivity index (χ0n) is 14.4. The third-order valence-corrected chi connectivity index (χ3v) is 5.58. The van der Waals surface area contributed by atoms with Gasteiger partial charge in [0.15, 0.2) is 10.3 Å². The van der Waals surface area contributed by atoms with Crippen molar-refractivity contribution < 1.29 is 4.79 Å². The lowest BCUT2D eigenvalue weighted by atomic mass is 10.2. The highest BCUT2D eigenvalue weighted by atomic mass is 32.2. The molecule has 1 amide bonds. The van der Waals surface area contributed by atoms with E-state index in [2.05, 4.69) is 20.3 Å². The first-order chi connectivity index (χ1) is 12.5. The number of aryl methyl sites for hydroxylation is 1. The molecule has 0 unspecified atom stereocenters. The Morgan fingerprint density at radius 3 is 2.77 bits per heavy atom. The van der Waals surface area contributed by atoms with Crippen molar-refractivity contribution in [1.82, 2.24) is 15.0 Å². The van der Waals surface area contributed by atoms with Gasteiger partial charge in [0, 0.05) is 22.7 Å². The lowest BCUT2D eigenvalue weighted by Gasteiger charge is -2.12. The Labute approximate surface area is 159 Å². The zero-order valence-corrected chi connectivity index (χ0v) is 16.0. The van der Waals surface area contributed by atoms with Gasteiger partial charge < -0.3 is 10.3 Å². The fraction of sp³-hybridized carbons (Fsp3) is 0.222. The molecule has 0 aliphatic heterocycles. The summed E-state index contributed by atoms with van der Waals surface area (Å²) in [6.45, 7) is 3.67. The van der Waals surface area contributed by atoms with E-state index in [4.69, 9.17) is 0 Å². The van der Waals surface area contributed by atoms with Gasteiger partial charge in [-0.3, -0.25) is 9.59 Å². The molecule has 0 aliphatic carbocycles. The normalized spacial score (nSPS) is 11.9. The van der Waals surface area contributed by atoms with E-state index in [0.29, 0.717) is 22.4 Å². The first-order valence-corrected chi connectivity index (χ1v) is 9.87. The van der Waals surface area contributed by atoms with Crippen LogP contribution in [0.15, 0.2) is 51.7 Å². The number of anilines is 1. The molecule has 0 fully saturated rings. The molecule has 0 bridgehead atoms. The van der Waals surface area contributed by atoms with Gasteiger partial charge in [-0.2, -0.15) is 0 Å². The summed E-state index contributed by atoms with van der Waals surface area (Å²) in [7, 11) is 0. The summed E-state index contributed by atoms with van der Waals surface area (Å²) in [5, 5.41) is 5.40. The number of carbonyl (C=O) groups is 1. The van der Waals surface area contributed by atoms with Gasteiger partial charge in [-0.1, -0.05) is 49.0 Å². The van der Waals surface area contributed by atoms with E-state index in [9.17, 15) is 9.59 Å². The van der Waals surface area contributed by atoms with Crippen LogP contribution in [0.25, 0.3) is 11.3 Å². The van der Waals surface area contributed by atoms with Gasteiger partial charge in [-0.25, -0.2) is 9.97 Å². The van der Waals surface area contributed by atoms with E-state index in [1.807, 2.05) is 42.6 Å². The number of rotatable bonds is 6. The van der Waals surface area contributed by atoms with Crippen molar-refractivity contribution in [2.24, 2.45) is 0 Å². The molecule has 134 valence electrons. The molecule has 8 heteroatoms. The van der Waals surface area contributed by atoms with Gasteiger partial charge in [0.2, 0.25) is 5.91 Å². The minimum Gasteiger partial charge on any atom is -0.301 e. The molecule has 0 radical (unpaired) electrons. The molecular weight excluding hydrogens is 368 g/mol. The molecule has 3 aromatic rings. The van der Waals surface area contributed by atoms with Crippen LogP contribution in [-0.4, -0.2) is 26.1 Å².